The van der Waals surface area contributed by atoms with Gasteiger partial charge in [-0.05, 0) is 32.1 Å². The Morgan fingerprint density at radius 1 is 1.50 bits per heavy atom. The summed E-state index contributed by atoms with van der Waals surface area (Å²) in [6, 6.07) is -0.0423. The van der Waals surface area contributed by atoms with Gasteiger partial charge in [0.1, 0.15) is 0 Å². The molecule has 0 saturated carbocycles. The summed E-state index contributed by atoms with van der Waals surface area (Å²) in [5.74, 6) is 0. The van der Waals surface area contributed by atoms with E-state index >= 15 is 0 Å². The molecule has 0 bridgehead atoms. The molecule has 1 aliphatic rings. The SMILES string of the molecule is Cl.NC(CO)CC1=CCCCC1. The number of allylic oxidation sites excluding steroid dienone is 1. The summed E-state index contributed by atoms with van der Waals surface area (Å²) in [5, 5.41) is 8.71. The second-order valence-electron chi connectivity index (χ2n) is 3.25. The fourth-order valence-electron chi connectivity index (χ4n) is 1.49. The van der Waals surface area contributed by atoms with Crippen LogP contribution in [0.1, 0.15) is 32.1 Å². The third-order valence-corrected chi connectivity index (χ3v) is 2.14. The van der Waals surface area contributed by atoms with Crippen LogP contribution in [-0.2, 0) is 0 Å². The summed E-state index contributed by atoms with van der Waals surface area (Å²) in [6.45, 7) is 0.108. The molecular formula is C9H18ClNO. The molecule has 2 nitrogen and oxygen atoms in total. The molecule has 0 aliphatic heterocycles. The van der Waals surface area contributed by atoms with Crippen LogP contribution in [0.3, 0.4) is 0 Å². The molecule has 12 heavy (non-hydrogen) atoms. The van der Waals surface area contributed by atoms with Gasteiger partial charge in [-0.1, -0.05) is 11.6 Å². The normalized spacial score (nSPS) is 19.3. The van der Waals surface area contributed by atoms with Gasteiger partial charge in [-0.2, -0.15) is 0 Å². The molecule has 0 radical (unpaired) electrons. The van der Waals surface area contributed by atoms with Crippen molar-refractivity contribution < 1.29 is 5.11 Å². The fraction of sp³-hybridized carbons (Fsp3) is 0.778. The quantitative estimate of drug-likeness (QED) is 0.666. The van der Waals surface area contributed by atoms with E-state index in [1.54, 1.807) is 0 Å². The van der Waals surface area contributed by atoms with Gasteiger partial charge >= 0.3 is 0 Å². The number of aliphatic hydroxyl groups excluding tert-OH is 1. The Hall–Kier alpha value is -0.0500. The van der Waals surface area contributed by atoms with E-state index in [9.17, 15) is 0 Å². The van der Waals surface area contributed by atoms with E-state index in [4.69, 9.17) is 10.8 Å². The van der Waals surface area contributed by atoms with E-state index in [2.05, 4.69) is 6.08 Å². The Balaban J connectivity index is 0.00000121. The minimum Gasteiger partial charge on any atom is -0.395 e. The van der Waals surface area contributed by atoms with Crippen LogP contribution in [0.15, 0.2) is 11.6 Å². The molecular weight excluding hydrogens is 174 g/mol. The lowest BCUT2D eigenvalue weighted by atomic mass is 9.95. The monoisotopic (exact) mass is 191 g/mol. The highest BCUT2D eigenvalue weighted by Crippen LogP contribution is 2.20. The van der Waals surface area contributed by atoms with Crippen LogP contribution >= 0.6 is 12.4 Å². The summed E-state index contributed by atoms with van der Waals surface area (Å²) >= 11 is 0. The van der Waals surface area contributed by atoms with Crippen molar-refractivity contribution >= 4 is 12.4 Å². The van der Waals surface area contributed by atoms with Gasteiger partial charge in [0.15, 0.2) is 0 Å². The molecule has 1 atom stereocenters. The van der Waals surface area contributed by atoms with Gasteiger partial charge in [0.25, 0.3) is 0 Å². The molecule has 0 aromatic heterocycles. The topological polar surface area (TPSA) is 46.2 Å². The van der Waals surface area contributed by atoms with E-state index in [1.165, 1.54) is 31.3 Å². The van der Waals surface area contributed by atoms with Crippen molar-refractivity contribution in [2.75, 3.05) is 6.61 Å². The summed E-state index contributed by atoms with van der Waals surface area (Å²) in [6.07, 6.45) is 8.17. The van der Waals surface area contributed by atoms with Gasteiger partial charge in [0.05, 0.1) is 6.61 Å². The number of aliphatic hydroxyl groups is 1. The lowest BCUT2D eigenvalue weighted by molar-refractivity contribution is 0.264. The first-order chi connectivity index (χ1) is 5.33. The standard InChI is InChI=1S/C9H17NO.ClH/c10-9(7-11)6-8-4-2-1-3-5-8;/h4,9,11H,1-3,5-7,10H2;1H. The summed E-state index contributed by atoms with van der Waals surface area (Å²) in [5.41, 5.74) is 7.06. The third-order valence-electron chi connectivity index (χ3n) is 2.14. The van der Waals surface area contributed by atoms with Crippen molar-refractivity contribution in [1.29, 1.82) is 0 Å². The molecule has 0 aromatic carbocycles. The van der Waals surface area contributed by atoms with Crippen LogP contribution in [0.5, 0.6) is 0 Å². The fourth-order valence-corrected chi connectivity index (χ4v) is 1.49. The molecule has 1 rings (SSSR count). The lowest BCUT2D eigenvalue weighted by Crippen LogP contribution is -2.25. The summed E-state index contributed by atoms with van der Waals surface area (Å²) < 4.78 is 0. The molecule has 3 N–H and O–H groups in total. The predicted octanol–water partition coefficient (Wildman–Crippen LogP) is 1.62. The second-order valence-corrected chi connectivity index (χ2v) is 3.25. The Kier molecular flexibility index (Phi) is 6.44. The van der Waals surface area contributed by atoms with Gasteiger partial charge in [-0.25, -0.2) is 0 Å². The van der Waals surface area contributed by atoms with Crippen LogP contribution in [-0.4, -0.2) is 17.8 Å². The molecule has 0 aromatic rings. The summed E-state index contributed by atoms with van der Waals surface area (Å²) in [4.78, 5) is 0. The maximum atomic E-state index is 8.71. The van der Waals surface area contributed by atoms with Gasteiger partial charge in [0.2, 0.25) is 0 Å². The van der Waals surface area contributed by atoms with E-state index < -0.39 is 0 Å². The van der Waals surface area contributed by atoms with Crippen molar-refractivity contribution in [3.8, 4) is 0 Å². The number of hydrogen-bond donors (Lipinski definition) is 2. The van der Waals surface area contributed by atoms with E-state index in [0.29, 0.717) is 0 Å². The molecule has 1 aliphatic carbocycles. The number of halogens is 1. The molecule has 0 fully saturated rings. The van der Waals surface area contributed by atoms with Crippen LogP contribution in [0.25, 0.3) is 0 Å². The van der Waals surface area contributed by atoms with Crippen molar-refractivity contribution in [3.63, 3.8) is 0 Å². The number of nitrogens with two attached hydrogens (primary N) is 1. The Labute approximate surface area is 80.3 Å². The van der Waals surface area contributed by atoms with Gasteiger partial charge < -0.3 is 10.8 Å². The molecule has 0 saturated heterocycles. The first kappa shape index (κ1) is 11.9. The first-order valence-corrected chi connectivity index (χ1v) is 4.37. The number of hydrogen-bond acceptors (Lipinski definition) is 2. The zero-order chi connectivity index (χ0) is 8.10. The average molecular weight is 192 g/mol. The zero-order valence-electron chi connectivity index (χ0n) is 7.33. The molecule has 0 amide bonds. The third kappa shape index (κ3) is 4.10. The minimum absolute atomic E-state index is 0. The predicted molar refractivity (Wildman–Crippen MR) is 53.5 cm³/mol. The second kappa shape index (κ2) is 6.46. The van der Waals surface area contributed by atoms with Crippen LogP contribution in [0.2, 0.25) is 0 Å². The lowest BCUT2D eigenvalue weighted by Gasteiger charge is -2.15. The molecule has 0 spiro atoms. The Morgan fingerprint density at radius 3 is 2.75 bits per heavy atom. The number of rotatable bonds is 3. The van der Waals surface area contributed by atoms with Crippen LogP contribution in [0.4, 0.5) is 0 Å². The smallest absolute Gasteiger partial charge is 0.0585 e. The van der Waals surface area contributed by atoms with Crippen LogP contribution in [0, 0.1) is 0 Å². The molecule has 1 unspecified atom stereocenters. The van der Waals surface area contributed by atoms with Crippen LogP contribution < -0.4 is 5.73 Å². The van der Waals surface area contributed by atoms with Crippen molar-refractivity contribution in [1.82, 2.24) is 0 Å². The van der Waals surface area contributed by atoms with Gasteiger partial charge in [0, 0.05) is 6.04 Å². The zero-order valence-corrected chi connectivity index (χ0v) is 8.15. The minimum atomic E-state index is -0.0423. The average Bonchev–Trinajstić information content (AvgIpc) is 2.06. The van der Waals surface area contributed by atoms with Crippen molar-refractivity contribution in [3.05, 3.63) is 11.6 Å². The Morgan fingerprint density at radius 2 is 2.25 bits per heavy atom. The highest BCUT2D eigenvalue weighted by molar-refractivity contribution is 5.85. The maximum absolute atomic E-state index is 8.71. The molecule has 3 heteroatoms. The van der Waals surface area contributed by atoms with E-state index in [-0.39, 0.29) is 25.1 Å². The first-order valence-electron chi connectivity index (χ1n) is 4.37. The maximum Gasteiger partial charge on any atom is 0.0585 e. The highest BCUT2D eigenvalue weighted by atomic mass is 35.5. The van der Waals surface area contributed by atoms with E-state index in [0.717, 1.165) is 6.42 Å². The van der Waals surface area contributed by atoms with E-state index in [1.807, 2.05) is 0 Å². The Bertz CT molecular complexity index is 147. The van der Waals surface area contributed by atoms with Crippen molar-refractivity contribution in [2.45, 2.75) is 38.1 Å². The summed E-state index contributed by atoms with van der Waals surface area (Å²) in [7, 11) is 0. The largest absolute Gasteiger partial charge is 0.395 e. The van der Waals surface area contributed by atoms with Crippen molar-refractivity contribution in [2.24, 2.45) is 5.73 Å². The highest BCUT2D eigenvalue weighted by Gasteiger charge is 2.07. The van der Waals surface area contributed by atoms with Gasteiger partial charge in [-0.3, -0.25) is 0 Å². The molecule has 0 heterocycles. The van der Waals surface area contributed by atoms with Gasteiger partial charge in [-0.15, -0.1) is 12.4 Å². The molecule has 72 valence electrons.